The second-order valence-electron chi connectivity index (χ2n) is 6.19. The minimum Gasteiger partial charge on any atom is -0.319 e. The molecule has 0 radical (unpaired) electrons. The summed E-state index contributed by atoms with van der Waals surface area (Å²) >= 11 is 0. The second-order valence-corrected chi connectivity index (χ2v) is 6.19. The third-order valence-electron chi connectivity index (χ3n) is 4.24. The topological polar surface area (TPSA) is 12.0 Å². The summed E-state index contributed by atoms with van der Waals surface area (Å²) in [6.45, 7) is 7.68. The van der Waals surface area contributed by atoms with E-state index in [1.54, 1.807) is 0 Å². The van der Waals surface area contributed by atoms with Crippen LogP contribution in [0.15, 0.2) is 42.5 Å². The van der Waals surface area contributed by atoms with Crippen LogP contribution in [-0.4, -0.2) is 13.6 Å². The summed E-state index contributed by atoms with van der Waals surface area (Å²) in [5.74, 6) is 0.636. The van der Waals surface area contributed by atoms with Crippen molar-refractivity contribution < 1.29 is 0 Å². The van der Waals surface area contributed by atoms with E-state index >= 15 is 0 Å². The van der Waals surface area contributed by atoms with Gasteiger partial charge in [0.2, 0.25) is 0 Å². The van der Waals surface area contributed by atoms with Crippen molar-refractivity contribution >= 4 is 0 Å². The summed E-state index contributed by atoms with van der Waals surface area (Å²) in [5, 5.41) is 3.36. The molecule has 1 atom stereocenters. The van der Waals surface area contributed by atoms with Crippen molar-refractivity contribution in [3.63, 3.8) is 0 Å². The monoisotopic (exact) mass is 281 g/mol. The van der Waals surface area contributed by atoms with Gasteiger partial charge in [0.05, 0.1) is 0 Å². The summed E-state index contributed by atoms with van der Waals surface area (Å²) in [7, 11) is 2.05. The first-order valence-corrected chi connectivity index (χ1v) is 7.85. The van der Waals surface area contributed by atoms with Crippen LogP contribution in [-0.2, 0) is 12.8 Å². The van der Waals surface area contributed by atoms with Crippen molar-refractivity contribution in [2.24, 2.45) is 5.92 Å². The van der Waals surface area contributed by atoms with Crippen LogP contribution >= 0.6 is 0 Å². The molecule has 1 unspecified atom stereocenters. The molecule has 1 heteroatoms. The van der Waals surface area contributed by atoms with Gasteiger partial charge in [0, 0.05) is 0 Å². The molecule has 0 aliphatic heterocycles. The van der Waals surface area contributed by atoms with Gasteiger partial charge in [-0.25, -0.2) is 0 Å². The molecule has 0 aromatic heterocycles. The molecule has 0 saturated heterocycles. The standard InChI is InChI=1S/C20H27N/c1-15-7-5-10-18(11-15)12-19(14-21-4)13-20-16(2)8-6-9-17(20)3/h5-11,19,21H,12-14H2,1-4H3. The fourth-order valence-corrected chi connectivity index (χ4v) is 3.14. The smallest absolute Gasteiger partial charge is 0.00172 e. The van der Waals surface area contributed by atoms with Gasteiger partial charge in [-0.05, 0) is 75.4 Å². The molecule has 1 nitrogen and oxygen atoms in total. The summed E-state index contributed by atoms with van der Waals surface area (Å²) in [5.41, 5.74) is 7.15. The zero-order valence-corrected chi connectivity index (χ0v) is 13.7. The number of benzene rings is 2. The molecule has 2 aromatic rings. The molecule has 0 saturated carbocycles. The lowest BCUT2D eigenvalue weighted by atomic mass is 9.88. The lowest BCUT2D eigenvalue weighted by molar-refractivity contribution is 0.491. The van der Waals surface area contributed by atoms with Crippen LogP contribution in [0.4, 0.5) is 0 Å². The first-order chi connectivity index (χ1) is 10.1. The number of nitrogens with one attached hydrogen (secondary N) is 1. The fourth-order valence-electron chi connectivity index (χ4n) is 3.14. The molecule has 0 heterocycles. The molecule has 0 fully saturated rings. The van der Waals surface area contributed by atoms with Gasteiger partial charge in [0.25, 0.3) is 0 Å². The van der Waals surface area contributed by atoms with E-state index in [0.29, 0.717) is 5.92 Å². The Morgan fingerprint density at radius 2 is 1.57 bits per heavy atom. The Morgan fingerprint density at radius 1 is 0.905 bits per heavy atom. The maximum atomic E-state index is 3.36. The SMILES string of the molecule is CNCC(Cc1cccc(C)c1)Cc1c(C)cccc1C. The number of hydrogen-bond acceptors (Lipinski definition) is 1. The van der Waals surface area contributed by atoms with Crippen LogP contribution < -0.4 is 5.32 Å². The van der Waals surface area contributed by atoms with Crippen molar-refractivity contribution in [2.75, 3.05) is 13.6 Å². The van der Waals surface area contributed by atoms with E-state index < -0.39 is 0 Å². The van der Waals surface area contributed by atoms with Crippen LogP contribution in [0, 0.1) is 26.7 Å². The van der Waals surface area contributed by atoms with E-state index in [2.05, 4.69) is 68.6 Å². The molecule has 0 aliphatic carbocycles. The van der Waals surface area contributed by atoms with E-state index in [9.17, 15) is 0 Å². The molecular formula is C20H27N. The van der Waals surface area contributed by atoms with Gasteiger partial charge >= 0.3 is 0 Å². The summed E-state index contributed by atoms with van der Waals surface area (Å²) in [6.07, 6.45) is 2.28. The summed E-state index contributed by atoms with van der Waals surface area (Å²) in [4.78, 5) is 0. The van der Waals surface area contributed by atoms with Gasteiger partial charge in [-0.1, -0.05) is 48.0 Å². The Hall–Kier alpha value is -1.60. The molecule has 2 aromatic carbocycles. The van der Waals surface area contributed by atoms with Crippen molar-refractivity contribution in [2.45, 2.75) is 33.6 Å². The zero-order chi connectivity index (χ0) is 15.2. The van der Waals surface area contributed by atoms with Crippen LogP contribution in [0.3, 0.4) is 0 Å². The van der Waals surface area contributed by atoms with Gasteiger partial charge in [-0.2, -0.15) is 0 Å². The molecule has 21 heavy (non-hydrogen) atoms. The predicted molar refractivity (Wildman–Crippen MR) is 91.9 cm³/mol. The third kappa shape index (κ3) is 4.44. The van der Waals surface area contributed by atoms with Crippen molar-refractivity contribution in [3.8, 4) is 0 Å². The lowest BCUT2D eigenvalue weighted by Crippen LogP contribution is -2.23. The first kappa shape index (κ1) is 15.8. The lowest BCUT2D eigenvalue weighted by Gasteiger charge is -2.20. The molecule has 0 bridgehead atoms. The molecule has 112 valence electrons. The minimum absolute atomic E-state index is 0.636. The highest BCUT2D eigenvalue weighted by atomic mass is 14.8. The average molecular weight is 281 g/mol. The van der Waals surface area contributed by atoms with Crippen LogP contribution in [0.2, 0.25) is 0 Å². The van der Waals surface area contributed by atoms with E-state index in [1.165, 1.54) is 27.8 Å². The van der Waals surface area contributed by atoms with Gasteiger partial charge in [0.1, 0.15) is 0 Å². The van der Waals surface area contributed by atoms with E-state index in [4.69, 9.17) is 0 Å². The highest BCUT2D eigenvalue weighted by Crippen LogP contribution is 2.20. The first-order valence-electron chi connectivity index (χ1n) is 7.85. The predicted octanol–water partition coefficient (Wildman–Crippen LogP) is 4.23. The molecule has 1 N–H and O–H groups in total. The summed E-state index contributed by atoms with van der Waals surface area (Å²) in [6, 6.07) is 15.5. The van der Waals surface area contributed by atoms with Crippen molar-refractivity contribution in [1.29, 1.82) is 0 Å². The van der Waals surface area contributed by atoms with E-state index in [-0.39, 0.29) is 0 Å². The van der Waals surface area contributed by atoms with E-state index in [1.807, 2.05) is 7.05 Å². The fraction of sp³-hybridized carbons (Fsp3) is 0.400. The van der Waals surface area contributed by atoms with E-state index in [0.717, 1.165) is 19.4 Å². The van der Waals surface area contributed by atoms with Crippen molar-refractivity contribution in [3.05, 3.63) is 70.3 Å². The highest BCUT2D eigenvalue weighted by molar-refractivity contribution is 5.34. The Kier molecular flexibility index (Phi) is 5.58. The van der Waals surface area contributed by atoms with Crippen LogP contribution in [0.1, 0.15) is 27.8 Å². The minimum atomic E-state index is 0.636. The highest BCUT2D eigenvalue weighted by Gasteiger charge is 2.13. The quantitative estimate of drug-likeness (QED) is 0.835. The molecule has 0 aliphatic rings. The van der Waals surface area contributed by atoms with Crippen molar-refractivity contribution in [1.82, 2.24) is 5.32 Å². The third-order valence-corrected chi connectivity index (χ3v) is 4.24. The number of hydrogen-bond donors (Lipinski definition) is 1. The van der Waals surface area contributed by atoms with Crippen LogP contribution in [0.25, 0.3) is 0 Å². The average Bonchev–Trinajstić information content (AvgIpc) is 2.43. The number of rotatable bonds is 6. The normalized spacial score (nSPS) is 12.4. The molecular weight excluding hydrogens is 254 g/mol. The largest absolute Gasteiger partial charge is 0.319 e. The maximum absolute atomic E-state index is 3.36. The second kappa shape index (κ2) is 7.42. The zero-order valence-electron chi connectivity index (χ0n) is 13.7. The maximum Gasteiger partial charge on any atom is -0.00172 e. The molecule has 0 spiro atoms. The van der Waals surface area contributed by atoms with Crippen LogP contribution in [0.5, 0.6) is 0 Å². The Balaban J connectivity index is 2.16. The number of aryl methyl sites for hydroxylation is 3. The molecule has 2 rings (SSSR count). The van der Waals surface area contributed by atoms with Gasteiger partial charge in [-0.15, -0.1) is 0 Å². The molecule has 0 amide bonds. The van der Waals surface area contributed by atoms with Gasteiger partial charge < -0.3 is 5.32 Å². The Morgan fingerprint density at radius 3 is 2.19 bits per heavy atom. The Labute approximate surface area is 129 Å². The van der Waals surface area contributed by atoms with Gasteiger partial charge in [0.15, 0.2) is 0 Å². The Bertz CT molecular complexity index is 566. The van der Waals surface area contributed by atoms with Gasteiger partial charge in [-0.3, -0.25) is 0 Å². The summed E-state index contributed by atoms with van der Waals surface area (Å²) < 4.78 is 0.